The van der Waals surface area contributed by atoms with E-state index in [4.69, 9.17) is 9.05 Å². The van der Waals surface area contributed by atoms with Gasteiger partial charge in [0.2, 0.25) is 5.89 Å². The molecule has 0 N–H and O–H groups in total. The van der Waals surface area contributed by atoms with Crippen LogP contribution in [0.4, 0.5) is 0 Å². The first kappa shape index (κ1) is 13.2. The van der Waals surface area contributed by atoms with Gasteiger partial charge in [0.15, 0.2) is 5.82 Å². The summed E-state index contributed by atoms with van der Waals surface area (Å²) < 4.78 is 12.4. The van der Waals surface area contributed by atoms with Crippen LogP contribution in [0, 0.1) is 0 Å². The van der Waals surface area contributed by atoms with Gasteiger partial charge in [0.05, 0.1) is 12.1 Å². The first-order chi connectivity index (χ1) is 10.9. The van der Waals surface area contributed by atoms with Crippen molar-refractivity contribution in [3.05, 3.63) is 47.5 Å². The van der Waals surface area contributed by atoms with Crippen LogP contribution >= 0.6 is 0 Å². The molecule has 7 nitrogen and oxygen atoms in total. The van der Waals surface area contributed by atoms with Crippen LogP contribution in [0.1, 0.15) is 41.8 Å². The molecular formula is C15H17N5O2. The van der Waals surface area contributed by atoms with Gasteiger partial charge in [-0.15, -0.1) is 0 Å². The highest BCUT2D eigenvalue weighted by Crippen LogP contribution is 2.17. The van der Waals surface area contributed by atoms with E-state index in [1.165, 1.54) is 24.4 Å². The Morgan fingerprint density at radius 2 is 2.18 bits per heavy atom. The molecule has 22 heavy (non-hydrogen) atoms. The third-order valence-corrected chi connectivity index (χ3v) is 3.99. The topological polar surface area (TPSA) is 82.8 Å². The summed E-state index contributed by atoms with van der Waals surface area (Å²) in [6, 6.07) is 1.80. The quantitative estimate of drug-likeness (QED) is 0.716. The van der Waals surface area contributed by atoms with Crippen molar-refractivity contribution in [2.75, 3.05) is 0 Å². The molecule has 114 valence electrons. The van der Waals surface area contributed by atoms with Gasteiger partial charge in [-0.1, -0.05) is 10.3 Å². The van der Waals surface area contributed by atoms with E-state index < -0.39 is 0 Å². The highest BCUT2D eigenvalue weighted by Gasteiger charge is 2.15. The second-order valence-electron chi connectivity index (χ2n) is 5.55. The average molecular weight is 299 g/mol. The largest absolute Gasteiger partial charge is 0.364 e. The summed E-state index contributed by atoms with van der Waals surface area (Å²) in [5.41, 5.74) is 2.06. The van der Waals surface area contributed by atoms with Crippen molar-refractivity contribution in [3.63, 3.8) is 0 Å². The highest BCUT2D eigenvalue weighted by atomic mass is 16.5. The van der Waals surface area contributed by atoms with E-state index in [1.54, 1.807) is 12.3 Å². The molecule has 1 aliphatic rings. The second kappa shape index (κ2) is 5.75. The maximum atomic E-state index is 5.31. The van der Waals surface area contributed by atoms with Gasteiger partial charge in [0.1, 0.15) is 12.1 Å². The lowest BCUT2D eigenvalue weighted by Gasteiger charge is -2.15. The molecule has 4 heterocycles. The minimum atomic E-state index is 0.530. The number of nitrogens with zero attached hydrogens (tertiary/aromatic N) is 5. The maximum Gasteiger partial charge on any atom is 0.227 e. The summed E-state index contributed by atoms with van der Waals surface area (Å²) in [7, 11) is 0. The van der Waals surface area contributed by atoms with E-state index in [0.717, 1.165) is 31.5 Å². The van der Waals surface area contributed by atoms with E-state index in [2.05, 4.69) is 24.8 Å². The maximum absolute atomic E-state index is 5.31. The third kappa shape index (κ3) is 2.66. The Bertz CT molecular complexity index is 744. The monoisotopic (exact) mass is 299 g/mol. The Labute approximate surface area is 127 Å². The number of aromatic nitrogens is 5. The molecule has 0 bridgehead atoms. The fourth-order valence-electron chi connectivity index (χ4n) is 2.87. The van der Waals surface area contributed by atoms with E-state index in [1.807, 2.05) is 6.20 Å². The van der Waals surface area contributed by atoms with Crippen molar-refractivity contribution >= 4 is 0 Å². The second-order valence-corrected chi connectivity index (χ2v) is 5.55. The number of aryl methyl sites for hydroxylation is 3. The number of hydrogen-bond acceptors (Lipinski definition) is 6. The Hall–Kier alpha value is -2.44. The Balaban J connectivity index is 1.40. The molecule has 0 amide bonds. The summed E-state index contributed by atoms with van der Waals surface area (Å²) in [6.07, 6.45) is 9.22. The van der Waals surface area contributed by atoms with Gasteiger partial charge in [-0.25, -0.2) is 4.98 Å². The van der Waals surface area contributed by atoms with E-state index >= 15 is 0 Å². The third-order valence-electron chi connectivity index (χ3n) is 3.99. The van der Waals surface area contributed by atoms with Crippen LogP contribution in [0.25, 0.3) is 0 Å². The molecule has 0 aliphatic carbocycles. The highest BCUT2D eigenvalue weighted by molar-refractivity contribution is 5.09. The number of hydrogen-bond donors (Lipinski definition) is 0. The van der Waals surface area contributed by atoms with Gasteiger partial charge in [0.25, 0.3) is 0 Å². The van der Waals surface area contributed by atoms with E-state index in [0.29, 0.717) is 18.1 Å². The molecule has 3 aromatic rings. The fourth-order valence-corrected chi connectivity index (χ4v) is 2.87. The van der Waals surface area contributed by atoms with Gasteiger partial charge in [-0.3, -0.25) is 0 Å². The van der Waals surface area contributed by atoms with Gasteiger partial charge >= 0.3 is 0 Å². The zero-order chi connectivity index (χ0) is 14.8. The van der Waals surface area contributed by atoms with Crippen molar-refractivity contribution < 1.29 is 9.05 Å². The SMILES string of the molecule is c1cc(Cc2noc(CCc3cnc4n3CCCC4)n2)no1. The normalized spacial score (nSPS) is 14.2. The molecular weight excluding hydrogens is 282 g/mol. The standard InChI is InChI=1S/C15H17N5O2/c1-2-7-20-12(10-16-14(20)3-1)4-5-15-17-13(19-22-15)9-11-6-8-21-18-11/h6,8,10H,1-5,7,9H2. The number of fused-ring (bicyclic) bond motifs is 1. The summed E-state index contributed by atoms with van der Waals surface area (Å²) in [4.78, 5) is 8.91. The van der Waals surface area contributed by atoms with Crippen molar-refractivity contribution in [2.45, 2.75) is 45.1 Å². The molecule has 0 saturated carbocycles. The minimum Gasteiger partial charge on any atom is -0.364 e. The number of rotatable bonds is 5. The molecule has 0 unspecified atom stereocenters. The molecule has 4 rings (SSSR count). The first-order valence-corrected chi connectivity index (χ1v) is 7.62. The predicted octanol–water partition coefficient (Wildman–Crippen LogP) is 1.97. The molecule has 0 fully saturated rings. The van der Waals surface area contributed by atoms with Gasteiger partial charge in [-0.2, -0.15) is 4.98 Å². The van der Waals surface area contributed by atoms with Gasteiger partial charge in [-0.05, 0) is 19.3 Å². The Morgan fingerprint density at radius 1 is 1.18 bits per heavy atom. The van der Waals surface area contributed by atoms with E-state index in [-0.39, 0.29) is 0 Å². The number of imidazole rings is 1. The molecule has 0 spiro atoms. The van der Waals surface area contributed by atoms with Crippen molar-refractivity contribution in [1.82, 2.24) is 24.8 Å². The van der Waals surface area contributed by atoms with Crippen LogP contribution in [0.3, 0.4) is 0 Å². The molecule has 0 atom stereocenters. The zero-order valence-corrected chi connectivity index (χ0v) is 12.2. The van der Waals surface area contributed by atoms with Crippen LogP contribution in [-0.2, 0) is 32.2 Å². The van der Waals surface area contributed by atoms with Crippen molar-refractivity contribution in [2.24, 2.45) is 0 Å². The fraction of sp³-hybridized carbons (Fsp3) is 0.467. The lowest BCUT2D eigenvalue weighted by molar-refractivity contribution is 0.371. The lowest BCUT2D eigenvalue weighted by Crippen LogP contribution is -2.13. The average Bonchev–Trinajstić information content (AvgIpc) is 3.26. The van der Waals surface area contributed by atoms with Gasteiger partial charge < -0.3 is 13.6 Å². The van der Waals surface area contributed by atoms with Gasteiger partial charge in [0, 0.05) is 37.3 Å². The Kier molecular flexibility index (Phi) is 3.46. The summed E-state index contributed by atoms with van der Waals surface area (Å²) in [6.45, 7) is 1.08. The molecule has 1 aliphatic heterocycles. The predicted molar refractivity (Wildman–Crippen MR) is 76.2 cm³/mol. The van der Waals surface area contributed by atoms with Crippen molar-refractivity contribution in [1.29, 1.82) is 0 Å². The molecule has 0 aromatic carbocycles. The minimum absolute atomic E-state index is 0.530. The van der Waals surface area contributed by atoms with Crippen LogP contribution in [0.15, 0.2) is 27.6 Å². The molecule has 7 heteroatoms. The molecule has 0 radical (unpaired) electrons. The summed E-state index contributed by atoms with van der Waals surface area (Å²) in [5, 5.41) is 7.84. The summed E-state index contributed by atoms with van der Waals surface area (Å²) in [5.74, 6) is 2.50. The van der Waals surface area contributed by atoms with Crippen molar-refractivity contribution in [3.8, 4) is 0 Å². The Morgan fingerprint density at radius 3 is 3.09 bits per heavy atom. The van der Waals surface area contributed by atoms with Crippen LogP contribution in [0.2, 0.25) is 0 Å². The van der Waals surface area contributed by atoms with Crippen LogP contribution in [-0.4, -0.2) is 24.8 Å². The lowest BCUT2D eigenvalue weighted by atomic mass is 10.1. The van der Waals surface area contributed by atoms with Crippen LogP contribution < -0.4 is 0 Å². The smallest absolute Gasteiger partial charge is 0.227 e. The molecule has 3 aromatic heterocycles. The zero-order valence-electron chi connectivity index (χ0n) is 12.2. The van der Waals surface area contributed by atoms with E-state index in [9.17, 15) is 0 Å². The summed E-state index contributed by atoms with van der Waals surface area (Å²) >= 11 is 0. The van der Waals surface area contributed by atoms with Crippen LogP contribution in [0.5, 0.6) is 0 Å². The first-order valence-electron chi connectivity index (χ1n) is 7.62. The molecule has 0 saturated heterocycles.